The number of esters is 2. The van der Waals surface area contributed by atoms with Crippen LogP contribution in [0, 0.1) is 12.8 Å². The lowest BCUT2D eigenvalue weighted by atomic mass is 9.73. The summed E-state index contributed by atoms with van der Waals surface area (Å²) in [5.74, 6) is -2.05. The van der Waals surface area contributed by atoms with Gasteiger partial charge in [0, 0.05) is 5.41 Å². The molecule has 4 heteroatoms. The molecule has 0 radical (unpaired) electrons. The Kier molecular flexibility index (Phi) is 5.94. The average Bonchev–Trinajstić information content (AvgIpc) is 2.39. The van der Waals surface area contributed by atoms with Crippen molar-refractivity contribution < 1.29 is 19.1 Å². The third-order valence-corrected chi connectivity index (χ3v) is 3.56. The lowest BCUT2D eigenvalue weighted by Gasteiger charge is -2.31. The van der Waals surface area contributed by atoms with Gasteiger partial charge in [-0.25, -0.2) is 0 Å². The van der Waals surface area contributed by atoms with Crippen molar-refractivity contribution in [3.8, 4) is 0 Å². The Morgan fingerprint density at radius 1 is 1.00 bits per heavy atom. The molecule has 1 rings (SSSR count). The zero-order valence-corrected chi connectivity index (χ0v) is 13.4. The molecular weight excluding hydrogens is 268 g/mol. The van der Waals surface area contributed by atoms with Crippen LogP contribution in [0.1, 0.15) is 38.8 Å². The van der Waals surface area contributed by atoms with E-state index in [1.165, 1.54) is 0 Å². The Morgan fingerprint density at radius 3 is 1.81 bits per heavy atom. The van der Waals surface area contributed by atoms with Crippen LogP contribution in [0.25, 0.3) is 0 Å². The molecule has 0 aromatic heterocycles. The molecule has 0 heterocycles. The van der Waals surface area contributed by atoms with Gasteiger partial charge in [0.25, 0.3) is 0 Å². The maximum absolute atomic E-state index is 12.2. The number of carbonyl (C=O) groups is 2. The minimum absolute atomic E-state index is 0.235. The van der Waals surface area contributed by atoms with Crippen LogP contribution >= 0.6 is 0 Å². The van der Waals surface area contributed by atoms with Crippen molar-refractivity contribution in [1.82, 2.24) is 0 Å². The topological polar surface area (TPSA) is 52.6 Å². The zero-order chi connectivity index (χ0) is 16.0. The Morgan fingerprint density at radius 2 is 1.43 bits per heavy atom. The minimum atomic E-state index is -0.972. The fourth-order valence-corrected chi connectivity index (χ4v) is 2.29. The largest absolute Gasteiger partial charge is 0.465 e. The lowest BCUT2D eigenvalue weighted by Crippen LogP contribution is -2.42. The summed E-state index contributed by atoms with van der Waals surface area (Å²) >= 11 is 0. The molecule has 0 aliphatic rings. The summed E-state index contributed by atoms with van der Waals surface area (Å²) < 4.78 is 10.1. The molecule has 21 heavy (non-hydrogen) atoms. The minimum Gasteiger partial charge on any atom is -0.465 e. The molecule has 0 N–H and O–H groups in total. The van der Waals surface area contributed by atoms with E-state index < -0.39 is 23.3 Å². The first-order valence-electron chi connectivity index (χ1n) is 7.25. The molecule has 0 aliphatic carbocycles. The van der Waals surface area contributed by atoms with Gasteiger partial charge in [0.2, 0.25) is 0 Å². The summed E-state index contributed by atoms with van der Waals surface area (Å²) in [6.45, 7) is 9.62. The molecule has 0 aliphatic heterocycles. The molecule has 0 spiro atoms. The van der Waals surface area contributed by atoms with Crippen molar-refractivity contribution in [3.05, 3.63) is 35.4 Å². The van der Waals surface area contributed by atoms with Crippen LogP contribution in [-0.4, -0.2) is 25.2 Å². The van der Waals surface area contributed by atoms with Gasteiger partial charge >= 0.3 is 11.9 Å². The lowest BCUT2D eigenvalue weighted by molar-refractivity contribution is -0.164. The molecule has 0 atom stereocenters. The van der Waals surface area contributed by atoms with Gasteiger partial charge in [-0.05, 0) is 26.3 Å². The normalized spacial score (nSPS) is 11.3. The monoisotopic (exact) mass is 292 g/mol. The predicted octanol–water partition coefficient (Wildman–Crippen LogP) is 3.02. The molecular formula is C17H24O4. The van der Waals surface area contributed by atoms with Crippen LogP contribution in [0.4, 0.5) is 0 Å². The fraction of sp³-hybridized carbons (Fsp3) is 0.529. The van der Waals surface area contributed by atoms with Crippen LogP contribution in [0.2, 0.25) is 0 Å². The maximum Gasteiger partial charge on any atom is 0.321 e. The van der Waals surface area contributed by atoms with Gasteiger partial charge < -0.3 is 9.47 Å². The van der Waals surface area contributed by atoms with Crippen LogP contribution in [-0.2, 0) is 24.5 Å². The summed E-state index contributed by atoms with van der Waals surface area (Å²) in [4.78, 5) is 24.4. The summed E-state index contributed by atoms with van der Waals surface area (Å²) in [6.07, 6.45) is 0. The summed E-state index contributed by atoms with van der Waals surface area (Å²) in [7, 11) is 0. The third-order valence-electron chi connectivity index (χ3n) is 3.56. The SMILES string of the molecule is CCOC(=O)C(C(=O)OCC)C(C)(C)c1ccc(C)cc1. The maximum atomic E-state index is 12.2. The number of carbonyl (C=O) groups excluding carboxylic acids is 2. The second kappa shape index (κ2) is 7.25. The van der Waals surface area contributed by atoms with E-state index in [2.05, 4.69) is 0 Å². The highest BCUT2D eigenvalue weighted by molar-refractivity contribution is 5.96. The van der Waals surface area contributed by atoms with Gasteiger partial charge in [0.05, 0.1) is 13.2 Å². The van der Waals surface area contributed by atoms with E-state index in [4.69, 9.17) is 9.47 Å². The fourth-order valence-electron chi connectivity index (χ4n) is 2.29. The first-order chi connectivity index (χ1) is 9.84. The van der Waals surface area contributed by atoms with Gasteiger partial charge in [0.1, 0.15) is 0 Å². The highest BCUT2D eigenvalue weighted by Crippen LogP contribution is 2.34. The number of benzene rings is 1. The average molecular weight is 292 g/mol. The summed E-state index contributed by atoms with van der Waals surface area (Å²) in [6, 6.07) is 7.79. The van der Waals surface area contributed by atoms with E-state index in [1.54, 1.807) is 13.8 Å². The molecule has 0 saturated heterocycles. The summed E-state index contributed by atoms with van der Waals surface area (Å²) in [5, 5.41) is 0. The van der Waals surface area contributed by atoms with E-state index in [-0.39, 0.29) is 13.2 Å². The predicted molar refractivity (Wildman–Crippen MR) is 81.0 cm³/mol. The van der Waals surface area contributed by atoms with E-state index >= 15 is 0 Å². The second-order valence-corrected chi connectivity index (χ2v) is 5.52. The highest BCUT2D eigenvalue weighted by atomic mass is 16.6. The highest BCUT2D eigenvalue weighted by Gasteiger charge is 2.44. The van der Waals surface area contributed by atoms with Gasteiger partial charge in [-0.15, -0.1) is 0 Å². The van der Waals surface area contributed by atoms with Gasteiger partial charge in [-0.3, -0.25) is 9.59 Å². The van der Waals surface area contributed by atoms with Crippen LogP contribution in [0.5, 0.6) is 0 Å². The van der Waals surface area contributed by atoms with E-state index in [9.17, 15) is 9.59 Å². The first-order valence-corrected chi connectivity index (χ1v) is 7.25. The number of hydrogen-bond acceptors (Lipinski definition) is 4. The van der Waals surface area contributed by atoms with E-state index in [0.29, 0.717) is 0 Å². The van der Waals surface area contributed by atoms with Crippen LogP contribution in [0.15, 0.2) is 24.3 Å². The molecule has 0 saturated carbocycles. The number of aryl methyl sites for hydroxylation is 1. The van der Waals surface area contributed by atoms with Crippen molar-refractivity contribution in [1.29, 1.82) is 0 Å². The van der Waals surface area contributed by atoms with Gasteiger partial charge in [-0.2, -0.15) is 0 Å². The van der Waals surface area contributed by atoms with Crippen molar-refractivity contribution in [2.75, 3.05) is 13.2 Å². The molecule has 4 nitrogen and oxygen atoms in total. The van der Waals surface area contributed by atoms with E-state index in [1.807, 2.05) is 45.0 Å². The Balaban J connectivity index is 3.18. The number of hydrogen-bond donors (Lipinski definition) is 0. The number of ether oxygens (including phenoxy) is 2. The molecule has 0 fully saturated rings. The quantitative estimate of drug-likeness (QED) is 0.597. The van der Waals surface area contributed by atoms with Crippen LogP contribution < -0.4 is 0 Å². The number of rotatable bonds is 6. The standard InChI is InChI=1S/C17H24O4/c1-6-20-15(18)14(16(19)21-7-2)17(4,5)13-10-8-12(3)9-11-13/h8-11,14H,6-7H2,1-5H3. The van der Waals surface area contributed by atoms with E-state index in [0.717, 1.165) is 11.1 Å². The van der Waals surface area contributed by atoms with Crippen molar-refractivity contribution in [2.24, 2.45) is 5.92 Å². The van der Waals surface area contributed by atoms with Crippen molar-refractivity contribution in [3.63, 3.8) is 0 Å². The van der Waals surface area contributed by atoms with Crippen molar-refractivity contribution >= 4 is 11.9 Å². The first kappa shape index (κ1) is 17.2. The molecule has 116 valence electrons. The van der Waals surface area contributed by atoms with Gasteiger partial charge in [0.15, 0.2) is 5.92 Å². The second-order valence-electron chi connectivity index (χ2n) is 5.52. The Labute approximate surface area is 126 Å². The molecule has 1 aromatic carbocycles. The Bertz CT molecular complexity index is 470. The smallest absolute Gasteiger partial charge is 0.321 e. The molecule has 1 aromatic rings. The van der Waals surface area contributed by atoms with Crippen LogP contribution in [0.3, 0.4) is 0 Å². The van der Waals surface area contributed by atoms with Gasteiger partial charge in [-0.1, -0.05) is 43.7 Å². The molecule has 0 unspecified atom stereocenters. The molecule has 0 amide bonds. The third kappa shape index (κ3) is 4.06. The van der Waals surface area contributed by atoms with Crippen molar-refractivity contribution in [2.45, 2.75) is 40.0 Å². The summed E-state index contributed by atoms with van der Waals surface area (Å²) in [5.41, 5.74) is 1.32. The molecule has 0 bridgehead atoms. The Hall–Kier alpha value is -1.84. The zero-order valence-electron chi connectivity index (χ0n) is 13.4.